The maximum Gasteiger partial charge on any atom is 0.0639 e. The highest BCUT2D eigenvalue weighted by atomic mass is 16.5. The van der Waals surface area contributed by atoms with E-state index in [9.17, 15) is 0 Å². The van der Waals surface area contributed by atoms with Crippen LogP contribution in [0.3, 0.4) is 0 Å². The summed E-state index contributed by atoms with van der Waals surface area (Å²) in [6.45, 7) is 7.82. The van der Waals surface area contributed by atoms with Crippen LogP contribution in [0.4, 0.5) is 0 Å². The summed E-state index contributed by atoms with van der Waals surface area (Å²) in [6.07, 6.45) is 0. The zero-order valence-corrected chi connectivity index (χ0v) is 8.09. The summed E-state index contributed by atoms with van der Waals surface area (Å²) in [5.74, 6) is 0. The summed E-state index contributed by atoms with van der Waals surface area (Å²) >= 11 is 0. The number of nitrogens with two attached hydrogens (primary N) is 1. The molecule has 0 aromatic heterocycles. The minimum Gasteiger partial charge on any atom is -0.383 e. The molecular formula is C8H21NO2. The van der Waals surface area contributed by atoms with Gasteiger partial charge in [0.1, 0.15) is 0 Å². The quantitative estimate of drug-likeness (QED) is 0.658. The molecule has 11 heavy (non-hydrogen) atoms. The molecule has 0 saturated heterocycles. The zero-order valence-electron chi connectivity index (χ0n) is 8.09. The number of rotatable bonds is 5. The molecular weight excluding hydrogens is 142 g/mol. The molecule has 70 valence electrons. The lowest BCUT2D eigenvalue weighted by Gasteiger charge is -2.08. The molecule has 0 aliphatic carbocycles. The first-order chi connectivity index (χ1) is 5.31. The second-order valence-corrected chi connectivity index (χ2v) is 1.87. The molecule has 0 aromatic rings. The van der Waals surface area contributed by atoms with Crippen LogP contribution in [0, 0.1) is 0 Å². The Morgan fingerprint density at radius 2 is 1.82 bits per heavy atom. The largest absolute Gasteiger partial charge is 0.383 e. The standard InChI is InChI=1S/C6H15NO2.C2H6/c1-3-9-5-6(7)4-8-2;1-2/h6H,3-5,7H2,1-2H3;1-2H3. The van der Waals surface area contributed by atoms with Crippen LogP contribution in [0.5, 0.6) is 0 Å². The van der Waals surface area contributed by atoms with Crippen molar-refractivity contribution < 1.29 is 9.47 Å². The lowest BCUT2D eigenvalue weighted by Crippen LogP contribution is -2.30. The van der Waals surface area contributed by atoms with E-state index >= 15 is 0 Å². The fraction of sp³-hybridized carbons (Fsp3) is 1.00. The van der Waals surface area contributed by atoms with Gasteiger partial charge in [-0.1, -0.05) is 13.8 Å². The summed E-state index contributed by atoms with van der Waals surface area (Å²) in [6, 6.07) is 0.0231. The molecule has 1 unspecified atom stereocenters. The summed E-state index contributed by atoms with van der Waals surface area (Å²) in [7, 11) is 1.63. The van der Waals surface area contributed by atoms with Crippen LogP contribution in [0.2, 0.25) is 0 Å². The molecule has 3 heteroatoms. The Bertz CT molecular complexity index is 60.1. The first-order valence-corrected chi connectivity index (χ1v) is 4.13. The van der Waals surface area contributed by atoms with Crippen LogP contribution in [-0.2, 0) is 9.47 Å². The Balaban J connectivity index is 0. The van der Waals surface area contributed by atoms with Crippen LogP contribution < -0.4 is 5.73 Å². The van der Waals surface area contributed by atoms with Gasteiger partial charge in [-0.05, 0) is 6.92 Å². The second-order valence-electron chi connectivity index (χ2n) is 1.87. The molecule has 0 heterocycles. The predicted octanol–water partition coefficient (Wildman–Crippen LogP) is 1.02. The summed E-state index contributed by atoms with van der Waals surface area (Å²) < 4.78 is 9.84. The Morgan fingerprint density at radius 3 is 2.18 bits per heavy atom. The van der Waals surface area contributed by atoms with E-state index in [0.717, 1.165) is 6.61 Å². The first kappa shape index (κ1) is 13.5. The second kappa shape index (κ2) is 12.5. The van der Waals surface area contributed by atoms with Crippen LogP contribution >= 0.6 is 0 Å². The van der Waals surface area contributed by atoms with E-state index in [2.05, 4.69) is 0 Å². The number of methoxy groups -OCH3 is 1. The molecule has 0 fully saturated rings. The van der Waals surface area contributed by atoms with E-state index in [-0.39, 0.29) is 6.04 Å². The average Bonchev–Trinajstić information content (AvgIpc) is 2.05. The monoisotopic (exact) mass is 163 g/mol. The van der Waals surface area contributed by atoms with Gasteiger partial charge in [0, 0.05) is 13.7 Å². The molecule has 0 saturated carbocycles. The van der Waals surface area contributed by atoms with Gasteiger partial charge >= 0.3 is 0 Å². The lowest BCUT2D eigenvalue weighted by atomic mass is 10.4. The third kappa shape index (κ3) is 13.0. The summed E-state index contributed by atoms with van der Waals surface area (Å²) in [4.78, 5) is 0. The SMILES string of the molecule is CC.CCOCC(N)COC. The van der Waals surface area contributed by atoms with Crippen molar-refractivity contribution >= 4 is 0 Å². The molecule has 0 aromatic carbocycles. The predicted molar refractivity (Wildman–Crippen MR) is 47.7 cm³/mol. The Kier molecular flexibility index (Phi) is 15.4. The highest BCUT2D eigenvalue weighted by Gasteiger charge is 1.98. The van der Waals surface area contributed by atoms with E-state index < -0.39 is 0 Å². The molecule has 0 rings (SSSR count). The maximum atomic E-state index is 5.52. The normalized spacial score (nSPS) is 11.7. The van der Waals surface area contributed by atoms with Crippen molar-refractivity contribution in [1.82, 2.24) is 0 Å². The number of hydrogen-bond donors (Lipinski definition) is 1. The fourth-order valence-corrected chi connectivity index (χ4v) is 0.531. The van der Waals surface area contributed by atoms with E-state index in [1.54, 1.807) is 7.11 Å². The van der Waals surface area contributed by atoms with Crippen LogP contribution in [0.25, 0.3) is 0 Å². The molecule has 0 bridgehead atoms. The van der Waals surface area contributed by atoms with Crippen molar-refractivity contribution in [2.75, 3.05) is 26.9 Å². The highest BCUT2D eigenvalue weighted by molar-refractivity contribution is 4.56. The summed E-state index contributed by atoms with van der Waals surface area (Å²) in [5.41, 5.74) is 5.52. The Labute approximate surface area is 69.9 Å². The van der Waals surface area contributed by atoms with Crippen molar-refractivity contribution in [3.63, 3.8) is 0 Å². The van der Waals surface area contributed by atoms with Crippen molar-refractivity contribution in [2.45, 2.75) is 26.8 Å². The van der Waals surface area contributed by atoms with Gasteiger partial charge in [-0.3, -0.25) is 0 Å². The van der Waals surface area contributed by atoms with Gasteiger partial charge < -0.3 is 15.2 Å². The number of hydrogen-bond acceptors (Lipinski definition) is 3. The molecule has 0 aliphatic rings. The summed E-state index contributed by atoms with van der Waals surface area (Å²) in [5, 5.41) is 0. The maximum absolute atomic E-state index is 5.52. The van der Waals surface area contributed by atoms with Gasteiger partial charge in [0.25, 0.3) is 0 Å². The molecule has 1 atom stereocenters. The van der Waals surface area contributed by atoms with Crippen LogP contribution in [-0.4, -0.2) is 33.0 Å². The molecule has 2 N–H and O–H groups in total. The minimum absolute atomic E-state index is 0.0231. The fourth-order valence-electron chi connectivity index (χ4n) is 0.531. The van der Waals surface area contributed by atoms with Gasteiger partial charge in [-0.2, -0.15) is 0 Å². The number of ether oxygens (including phenoxy) is 2. The van der Waals surface area contributed by atoms with Crippen molar-refractivity contribution in [1.29, 1.82) is 0 Å². The smallest absolute Gasteiger partial charge is 0.0639 e. The third-order valence-corrected chi connectivity index (χ3v) is 0.917. The third-order valence-electron chi connectivity index (χ3n) is 0.917. The van der Waals surface area contributed by atoms with Crippen molar-refractivity contribution in [2.24, 2.45) is 5.73 Å². The molecule has 0 amide bonds. The van der Waals surface area contributed by atoms with Crippen molar-refractivity contribution in [3.8, 4) is 0 Å². The lowest BCUT2D eigenvalue weighted by molar-refractivity contribution is 0.0944. The van der Waals surface area contributed by atoms with E-state index in [1.165, 1.54) is 0 Å². The van der Waals surface area contributed by atoms with E-state index in [4.69, 9.17) is 15.2 Å². The van der Waals surface area contributed by atoms with Crippen LogP contribution in [0.15, 0.2) is 0 Å². The van der Waals surface area contributed by atoms with E-state index in [1.807, 2.05) is 20.8 Å². The van der Waals surface area contributed by atoms with Gasteiger partial charge in [-0.25, -0.2) is 0 Å². The Hall–Kier alpha value is -0.120. The van der Waals surface area contributed by atoms with Gasteiger partial charge in [0.15, 0.2) is 0 Å². The topological polar surface area (TPSA) is 44.5 Å². The first-order valence-electron chi connectivity index (χ1n) is 4.13. The minimum atomic E-state index is 0.0231. The van der Waals surface area contributed by atoms with Gasteiger partial charge in [-0.15, -0.1) is 0 Å². The van der Waals surface area contributed by atoms with Crippen LogP contribution in [0.1, 0.15) is 20.8 Å². The van der Waals surface area contributed by atoms with Gasteiger partial charge in [0.05, 0.1) is 19.3 Å². The molecule has 0 radical (unpaired) electrons. The average molecular weight is 163 g/mol. The molecule has 3 nitrogen and oxygen atoms in total. The highest BCUT2D eigenvalue weighted by Crippen LogP contribution is 1.81. The van der Waals surface area contributed by atoms with Gasteiger partial charge in [0.2, 0.25) is 0 Å². The molecule has 0 spiro atoms. The molecule has 0 aliphatic heterocycles. The van der Waals surface area contributed by atoms with E-state index in [0.29, 0.717) is 13.2 Å². The zero-order chi connectivity index (χ0) is 9.11. The van der Waals surface area contributed by atoms with Crippen molar-refractivity contribution in [3.05, 3.63) is 0 Å². The Morgan fingerprint density at radius 1 is 1.27 bits per heavy atom.